The highest BCUT2D eigenvalue weighted by molar-refractivity contribution is 7.80. The molecule has 2 heterocycles. The molecule has 2 aliphatic heterocycles. The summed E-state index contributed by atoms with van der Waals surface area (Å²) < 4.78 is 11.0. The largest absolute Gasteiger partial charge is 0.486 e. The SMILES string of the molecule is C[C@H]1CCCCN1c1ccc(NC(=S)NC(=O)c2ccc3c(c2)OCCO3)cc1. The summed E-state index contributed by atoms with van der Waals surface area (Å²) in [5.74, 6) is 0.931. The third-order valence-corrected chi connectivity index (χ3v) is 5.50. The number of hydrogen-bond donors (Lipinski definition) is 2. The van der Waals surface area contributed by atoms with Crippen LogP contribution in [0.5, 0.6) is 11.5 Å². The normalized spacial score (nSPS) is 18.1. The van der Waals surface area contributed by atoms with Crippen LogP contribution in [0.1, 0.15) is 36.5 Å². The molecule has 2 aromatic rings. The number of carbonyl (C=O) groups excluding carboxylic acids is 1. The van der Waals surface area contributed by atoms with Gasteiger partial charge in [-0.2, -0.15) is 0 Å². The zero-order valence-electron chi connectivity index (χ0n) is 16.4. The quantitative estimate of drug-likeness (QED) is 0.746. The smallest absolute Gasteiger partial charge is 0.257 e. The molecular formula is C22H25N3O3S. The van der Waals surface area contributed by atoms with E-state index < -0.39 is 0 Å². The topological polar surface area (TPSA) is 62.8 Å². The van der Waals surface area contributed by atoms with E-state index in [4.69, 9.17) is 21.7 Å². The van der Waals surface area contributed by atoms with Crippen molar-refractivity contribution >= 4 is 34.6 Å². The molecule has 6 nitrogen and oxygen atoms in total. The number of anilines is 2. The molecule has 1 saturated heterocycles. The van der Waals surface area contributed by atoms with Crippen LogP contribution in [-0.2, 0) is 0 Å². The molecular weight excluding hydrogens is 386 g/mol. The van der Waals surface area contributed by atoms with Crippen molar-refractivity contribution in [2.45, 2.75) is 32.2 Å². The Balaban J connectivity index is 1.35. The number of rotatable bonds is 3. The second-order valence-electron chi connectivity index (χ2n) is 7.35. The van der Waals surface area contributed by atoms with Crippen LogP contribution in [0, 0.1) is 0 Å². The van der Waals surface area contributed by atoms with Crippen molar-refractivity contribution < 1.29 is 14.3 Å². The highest BCUT2D eigenvalue weighted by atomic mass is 32.1. The van der Waals surface area contributed by atoms with Gasteiger partial charge in [-0.25, -0.2) is 0 Å². The van der Waals surface area contributed by atoms with Crippen LogP contribution in [-0.4, -0.2) is 36.8 Å². The fourth-order valence-corrected chi connectivity index (χ4v) is 3.95. The van der Waals surface area contributed by atoms with Gasteiger partial charge in [-0.1, -0.05) is 0 Å². The zero-order chi connectivity index (χ0) is 20.2. The van der Waals surface area contributed by atoms with E-state index in [1.165, 1.54) is 24.9 Å². The van der Waals surface area contributed by atoms with Gasteiger partial charge >= 0.3 is 0 Å². The third kappa shape index (κ3) is 4.62. The predicted octanol–water partition coefficient (Wildman–Crippen LogP) is 3.96. The van der Waals surface area contributed by atoms with Crippen LogP contribution in [0.15, 0.2) is 42.5 Å². The van der Waals surface area contributed by atoms with Gasteiger partial charge in [0.05, 0.1) is 0 Å². The summed E-state index contributed by atoms with van der Waals surface area (Å²) in [6.07, 6.45) is 3.77. The lowest BCUT2D eigenvalue weighted by Crippen LogP contribution is -2.37. The lowest BCUT2D eigenvalue weighted by atomic mass is 10.0. The fourth-order valence-electron chi connectivity index (χ4n) is 3.74. The second kappa shape index (κ2) is 8.69. The van der Waals surface area contributed by atoms with Crippen LogP contribution < -0.4 is 25.0 Å². The van der Waals surface area contributed by atoms with E-state index in [0.29, 0.717) is 36.3 Å². The number of amides is 1. The maximum Gasteiger partial charge on any atom is 0.257 e. The molecule has 0 spiro atoms. The molecule has 0 radical (unpaired) electrons. The van der Waals surface area contributed by atoms with E-state index in [1.54, 1.807) is 18.2 Å². The van der Waals surface area contributed by atoms with Gasteiger partial charge in [0, 0.05) is 29.5 Å². The van der Waals surface area contributed by atoms with Crippen molar-refractivity contribution in [2.75, 3.05) is 30.0 Å². The molecule has 0 aromatic heterocycles. The number of thiocarbonyl (C=S) groups is 1. The van der Waals surface area contributed by atoms with Crippen molar-refractivity contribution in [2.24, 2.45) is 0 Å². The molecule has 2 N–H and O–H groups in total. The van der Waals surface area contributed by atoms with Crippen LogP contribution in [0.2, 0.25) is 0 Å². The Morgan fingerprint density at radius 2 is 1.83 bits per heavy atom. The second-order valence-corrected chi connectivity index (χ2v) is 7.76. The Morgan fingerprint density at radius 3 is 2.59 bits per heavy atom. The highest BCUT2D eigenvalue weighted by Gasteiger charge is 2.19. The standard InChI is InChI=1S/C22H25N3O3S/c1-15-4-2-3-11-25(15)18-8-6-17(7-9-18)23-22(29)24-21(26)16-5-10-19-20(14-16)28-13-12-27-19/h5-10,14-15H,2-4,11-13H2,1H3,(H2,23,24,26,29)/t15-/m0/s1. The van der Waals surface area contributed by atoms with Crippen molar-refractivity contribution in [1.82, 2.24) is 5.32 Å². The summed E-state index contributed by atoms with van der Waals surface area (Å²) in [6, 6.07) is 13.8. The van der Waals surface area contributed by atoms with E-state index >= 15 is 0 Å². The van der Waals surface area contributed by atoms with Gasteiger partial charge in [-0.05, 0) is 80.9 Å². The van der Waals surface area contributed by atoms with Gasteiger partial charge in [0.1, 0.15) is 13.2 Å². The van der Waals surface area contributed by atoms with E-state index in [0.717, 1.165) is 12.2 Å². The first-order valence-corrected chi connectivity index (χ1v) is 10.4. The Kier molecular flexibility index (Phi) is 5.85. The Hall–Kier alpha value is -2.80. The van der Waals surface area contributed by atoms with E-state index in [-0.39, 0.29) is 11.0 Å². The molecule has 7 heteroatoms. The average molecular weight is 412 g/mol. The lowest BCUT2D eigenvalue weighted by Gasteiger charge is -2.35. The molecule has 29 heavy (non-hydrogen) atoms. The summed E-state index contributed by atoms with van der Waals surface area (Å²) in [5.41, 5.74) is 2.52. The molecule has 0 aliphatic carbocycles. The molecule has 4 rings (SSSR count). The maximum atomic E-state index is 12.5. The summed E-state index contributed by atoms with van der Waals surface area (Å²) in [4.78, 5) is 14.9. The highest BCUT2D eigenvalue weighted by Crippen LogP contribution is 2.30. The zero-order valence-corrected chi connectivity index (χ0v) is 17.3. The molecule has 0 bridgehead atoms. The molecule has 2 aromatic carbocycles. The minimum absolute atomic E-state index is 0.254. The van der Waals surface area contributed by atoms with Crippen LogP contribution >= 0.6 is 12.2 Å². The number of hydrogen-bond acceptors (Lipinski definition) is 5. The first-order valence-electron chi connectivity index (χ1n) is 9.99. The molecule has 1 fully saturated rings. The third-order valence-electron chi connectivity index (χ3n) is 5.29. The number of nitrogens with one attached hydrogen (secondary N) is 2. The van der Waals surface area contributed by atoms with Gasteiger partial charge < -0.3 is 19.7 Å². The first kappa shape index (κ1) is 19.5. The van der Waals surface area contributed by atoms with Crippen molar-refractivity contribution in [1.29, 1.82) is 0 Å². The fraction of sp³-hybridized carbons (Fsp3) is 0.364. The first-order chi connectivity index (χ1) is 14.1. The Morgan fingerprint density at radius 1 is 1.07 bits per heavy atom. The van der Waals surface area contributed by atoms with Crippen LogP contribution in [0.25, 0.3) is 0 Å². The van der Waals surface area contributed by atoms with Crippen molar-refractivity contribution in [3.8, 4) is 11.5 Å². The Bertz CT molecular complexity index is 901. The molecule has 1 atom stereocenters. The minimum atomic E-state index is -0.293. The number of ether oxygens (including phenoxy) is 2. The monoisotopic (exact) mass is 411 g/mol. The van der Waals surface area contributed by atoms with Crippen molar-refractivity contribution in [3.05, 3.63) is 48.0 Å². The summed E-state index contributed by atoms with van der Waals surface area (Å²) >= 11 is 5.30. The Labute approximate surface area is 176 Å². The van der Waals surface area contributed by atoms with E-state index in [9.17, 15) is 4.79 Å². The van der Waals surface area contributed by atoms with Gasteiger partial charge in [-0.3, -0.25) is 10.1 Å². The van der Waals surface area contributed by atoms with Gasteiger partial charge in [0.25, 0.3) is 5.91 Å². The van der Waals surface area contributed by atoms with E-state index in [2.05, 4.69) is 34.6 Å². The number of carbonyl (C=O) groups is 1. The van der Waals surface area contributed by atoms with Crippen molar-refractivity contribution in [3.63, 3.8) is 0 Å². The number of nitrogens with zero attached hydrogens (tertiary/aromatic N) is 1. The minimum Gasteiger partial charge on any atom is -0.486 e. The number of piperidine rings is 1. The van der Waals surface area contributed by atoms with Gasteiger partial charge in [0.2, 0.25) is 0 Å². The van der Waals surface area contributed by atoms with E-state index in [1.807, 2.05) is 12.1 Å². The predicted molar refractivity (Wildman–Crippen MR) is 118 cm³/mol. The number of fused-ring (bicyclic) bond motifs is 1. The molecule has 1 amide bonds. The molecule has 152 valence electrons. The van der Waals surface area contributed by atoms with Gasteiger partial charge in [-0.15, -0.1) is 0 Å². The maximum absolute atomic E-state index is 12.5. The van der Waals surface area contributed by atoms with Gasteiger partial charge in [0.15, 0.2) is 16.6 Å². The van der Waals surface area contributed by atoms with Crippen LogP contribution in [0.3, 0.4) is 0 Å². The summed E-state index contributed by atoms with van der Waals surface area (Å²) in [5, 5.41) is 6.04. The summed E-state index contributed by atoms with van der Waals surface area (Å²) in [6.45, 7) is 4.36. The average Bonchev–Trinajstić information content (AvgIpc) is 2.74. The number of benzene rings is 2. The summed E-state index contributed by atoms with van der Waals surface area (Å²) in [7, 11) is 0. The lowest BCUT2D eigenvalue weighted by molar-refractivity contribution is 0.0976. The molecule has 2 aliphatic rings. The molecule has 0 unspecified atom stereocenters. The molecule has 0 saturated carbocycles. The van der Waals surface area contributed by atoms with Crippen LogP contribution in [0.4, 0.5) is 11.4 Å².